The number of fused-ring (bicyclic) bond motifs is 15. The lowest BCUT2D eigenvalue weighted by Gasteiger charge is -2.48. The maximum atomic E-state index is 2.78. The Balaban J connectivity index is 1.34. The van der Waals surface area contributed by atoms with Gasteiger partial charge in [0.2, 0.25) is 0 Å². The molecule has 0 saturated carbocycles. The highest BCUT2D eigenvalue weighted by molar-refractivity contribution is 6.94. The Morgan fingerprint density at radius 2 is 1.00 bits per heavy atom. The van der Waals surface area contributed by atoms with E-state index in [1.807, 2.05) is 0 Å². The van der Waals surface area contributed by atoms with Crippen molar-refractivity contribution in [2.45, 2.75) is 136 Å². The molecule has 0 saturated heterocycles. The molecule has 2 aliphatic carbocycles. The minimum Gasteiger partial charge on any atom is -0.376 e. The molecule has 0 unspecified atom stereocenters. The first-order valence-corrected chi connectivity index (χ1v) is 24.6. The van der Waals surface area contributed by atoms with Crippen LogP contribution in [0, 0.1) is 0 Å². The standard InChI is InChI=1S/C63H65BN2/c1-58(2,3)36-24-28-39(29-25-36)66-51-35-47-46(61(10,11)44-22-18-19-23-45(44)62(47,12)13)34-42(51)53-52-40-20-16-17-21-43(40)63(14,15)55(52)54-41-32-37(59(4,5)6)26-30-49(41)65-50-31-27-38(60(7,8)9)33-48(50)64(66)56(53)57(54)65/h16-35H,1-15H3. The van der Waals surface area contributed by atoms with Crippen molar-refractivity contribution in [3.8, 4) is 27.9 Å². The van der Waals surface area contributed by atoms with Crippen LogP contribution in [-0.4, -0.2) is 11.4 Å². The number of anilines is 2. The Labute approximate surface area is 394 Å². The molecule has 0 N–H and O–H groups in total. The van der Waals surface area contributed by atoms with Gasteiger partial charge in [-0.25, -0.2) is 0 Å². The number of aromatic nitrogens is 1. The molecule has 1 aromatic heterocycles. The number of hydrogen-bond acceptors (Lipinski definition) is 1. The van der Waals surface area contributed by atoms with E-state index in [9.17, 15) is 0 Å². The Morgan fingerprint density at radius 1 is 0.455 bits per heavy atom. The van der Waals surface area contributed by atoms with Crippen molar-refractivity contribution in [3.05, 3.63) is 171 Å². The summed E-state index contributed by atoms with van der Waals surface area (Å²) < 4.78 is 2.70. The molecule has 330 valence electrons. The molecule has 2 aliphatic heterocycles. The number of rotatable bonds is 1. The van der Waals surface area contributed by atoms with E-state index >= 15 is 0 Å². The second-order valence-electron chi connectivity index (χ2n) is 25.1. The lowest BCUT2D eigenvalue weighted by atomic mass is 9.43. The van der Waals surface area contributed by atoms with Crippen molar-refractivity contribution in [3.63, 3.8) is 0 Å². The third-order valence-electron chi connectivity index (χ3n) is 16.9. The molecule has 0 fully saturated rings. The molecule has 0 radical (unpaired) electrons. The van der Waals surface area contributed by atoms with Gasteiger partial charge in [0.25, 0.3) is 0 Å². The van der Waals surface area contributed by atoms with E-state index in [0.29, 0.717) is 0 Å². The second-order valence-corrected chi connectivity index (χ2v) is 25.1. The molecule has 8 aromatic rings. The smallest absolute Gasteiger partial charge is 0.333 e. The van der Waals surface area contributed by atoms with Gasteiger partial charge in [0.1, 0.15) is 0 Å². The molecular weight excluding hydrogens is 796 g/mol. The SMILES string of the molecule is CC(C)(C)c1ccc(N2B3c4cc(C(C)(C)C)ccc4-n4c5ccc(C(C)(C)C)cc5c5c6c(c(c3c54)-c3cc4c(cc32)C(C)(C)c2ccccc2C4(C)C)-c2ccccc2C6(C)C)cc1. The van der Waals surface area contributed by atoms with Gasteiger partial charge in [-0.15, -0.1) is 0 Å². The van der Waals surface area contributed by atoms with Gasteiger partial charge in [-0.3, -0.25) is 0 Å². The van der Waals surface area contributed by atoms with E-state index in [0.717, 1.165) is 0 Å². The van der Waals surface area contributed by atoms with Crippen molar-refractivity contribution in [1.29, 1.82) is 0 Å². The summed E-state index contributed by atoms with van der Waals surface area (Å²) in [6.07, 6.45) is 0. The first kappa shape index (κ1) is 41.6. The quantitative estimate of drug-likeness (QED) is 0.149. The molecule has 4 aliphatic rings. The highest BCUT2D eigenvalue weighted by Crippen LogP contribution is 2.61. The molecule has 0 atom stereocenters. The highest BCUT2D eigenvalue weighted by Gasteiger charge is 2.51. The lowest BCUT2D eigenvalue weighted by Crippen LogP contribution is -2.61. The van der Waals surface area contributed by atoms with Crippen molar-refractivity contribution < 1.29 is 0 Å². The van der Waals surface area contributed by atoms with Crippen LogP contribution in [0.1, 0.15) is 154 Å². The molecular formula is C63H65BN2. The fourth-order valence-electron chi connectivity index (χ4n) is 13.1. The van der Waals surface area contributed by atoms with Gasteiger partial charge >= 0.3 is 6.85 Å². The van der Waals surface area contributed by atoms with Crippen LogP contribution in [0.15, 0.2) is 121 Å². The van der Waals surface area contributed by atoms with E-state index in [2.05, 4.69) is 235 Å². The molecule has 3 heterocycles. The van der Waals surface area contributed by atoms with Crippen LogP contribution in [0.3, 0.4) is 0 Å². The first-order chi connectivity index (χ1) is 30.9. The van der Waals surface area contributed by atoms with E-state index < -0.39 is 0 Å². The third kappa shape index (κ3) is 5.26. The van der Waals surface area contributed by atoms with E-state index in [1.165, 1.54) is 122 Å². The molecule has 12 rings (SSSR count). The van der Waals surface area contributed by atoms with Gasteiger partial charge in [0.05, 0.1) is 11.0 Å². The zero-order valence-corrected chi connectivity index (χ0v) is 42.0. The summed E-state index contributed by atoms with van der Waals surface area (Å²) in [5.41, 5.74) is 26.9. The topological polar surface area (TPSA) is 8.17 Å². The van der Waals surface area contributed by atoms with Gasteiger partial charge in [-0.05, 0) is 136 Å². The Morgan fingerprint density at radius 3 is 1.62 bits per heavy atom. The average Bonchev–Trinajstić information content (AvgIpc) is 3.72. The van der Waals surface area contributed by atoms with Gasteiger partial charge in [-0.2, -0.15) is 0 Å². The van der Waals surface area contributed by atoms with Crippen LogP contribution in [-0.2, 0) is 32.5 Å². The Bertz CT molecular complexity index is 3440. The summed E-state index contributed by atoms with van der Waals surface area (Å²) in [7, 11) is 0. The monoisotopic (exact) mass is 861 g/mol. The molecule has 0 bridgehead atoms. The lowest BCUT2D eigenvalue weighted by molar-refractivity contribution is 0.521. The zero-order chi connectivity index (χ0) is 46.6. The average molecular weight is 861 g/mol. The van der Waals surface area contributed by atoms with E-state index in [1.54, 1.807) is 0 Å². The Hall–Kier alpha value is -5.80. The van der Waals surface area contributed by atoms with Crippen molar-refractivity contribution in [2.24, 2.45) is 0 Å². The van der Waals surface area contributed by atoms with Gasteiger partial charge in [-0.1, -0.05) is 183 Å². The van der Waals surface area contributed by atoms with E-state index in [-0.39, 0.29) is 39.3 Å². The second kappa shape index (κ2) is 12.8. The number of hydrogen-bond donors (Lipinski definition) is 0. The van der Waals surface area contributed by atoms with Crippen molar-refractivity contribution >= 4 is 51.0 Å². The Kier molecular flexibility index (Phi) is 8.07. The minimum atomic E-state index is -0.238. The van der Waals surface area contributed by atoms with Gasteiger partial charge < -0.3 is 9.38 Å². The zero-order valence-electron chi connectivity index (χ0n) is 42.0. The van der Waals surface area contributed by atoms with Crippen molar-refractivity contribution in [2.75, 3.05) is 4.81 Å². The predicted octanol–water partition coefficient (Wildman–Crippen LogP) is 15.2. The molecule has 0 spiro atoms. The minimum absolute atomic E-state index is 0.00600. The van der Waals surface area contributed by atoms with Crippen LogP contribution >= 0.6 is 0 Å². The maximum absolute atomic E-state index is 2.78. The number of benzene rings is 7. The summed E-state index contributed by atoms with van der Waals surface area (Å²) in [5.74, 6) is 0. The van der Waals surface area contributed by atoms with Gasteiger partial charge in [0.15, 0.2) is 0 Å². The van der Waals surface area contributed by atoms with Crippen LogP contribution in [0.2, 0.25) is 0 Å². The third-order valence-corrected chi connectivity index (χ3v) is 16.9. The highest BCUT2D eigenvalue weighted by atomic mass is 15.1. The van der Waals surface area contributed by atoms with Crippen LogP contribution < -0.4 is 15.7 Å². The summed E-state index contributed by atoms with van der Waals surface area (Å²) in [6, 6.07) is 48.5. The molecule has 66 heavy (non-hydrogen) atoms. The largest absolute Gasteiger partial charge is 0.376 e. The summed E-state index contributed by atoms with van der Waals surface area (Å²) in [6.45, 7) is 35.9. The van der Waals surface area contributed by atoms with Crippen LogP contribution in [0.25, 0.3) is 49.7 Å². The fourth-order valence-corrected chi connectivity index (χ4v) is 13.1. The number of nitrogens with zero attached hydrogens (tertiary/aromatic N) is 2. The fraction of sp³-hybridized carbons (Fsp3) is 0.333. The molecule has 3 heteroatoms. The van der Waals surface area contributed by atoms with E-state index in [4.69, 9.17) is 0 Å². The van der Waals surface area contributed by atoms with Crippen LogP contribution in [0.4, 0.5) is 11.4 Å². The maximum Gasteiger partial charge on any atom is 0.333 e. The molecule has 7 aromatic carbocycles. The summed E-state index contributed by atoms with van der Waals surface area (Å²) in [4.78, 5) is 2.78. The van der Waals surface area contributed by atoms with Crippen molar-refractivity contribution in [1.82, 2.24) is 4.57 Å². The predicted molar refractivity (Wildman–Crippen MR) is 284 cm³/mol. The first-order valence-electron chi connectivity index (χ1n) is 24.6. The van der Waals surface area contributed by atoms with Gasteiger partial charge in [0, 0.05) is 49.6 Å². The molecule has 2 nitrogen and oxygen atoms in total. The van der Waals surface area contributed by atoms with Crippen LogP contribution in [0.5, 0.6) is 0 Å². The summed E-state index contributed by atoms with van der Waals surface area (Å²) >= 11 is 0. The summed E-state index contributed by atoms with van der Waals surface area (Å²) in [5, 5.41) is 2.78. The normalized spacial score (nSPS) is 17.0. The molecule has 0 amide bonds.